The van der Waals surface area contributed by atoms with Gasteiger partial charge in [0.1, 0.15) is 10.3 Å². The molecule has 1 atom stereocenters. The van der Waals surface area contributed by atoms with Crippen molar-refractivity contribution in [3.63, 3.8) is 0 Å². The molecule has 4 aromatic rings. The van der Waals surface area contributed by atoms with Crippen LogP contribution in [0.5, 0.6) is 0 Å². The summed E-state index contributed by atoms with van der Waals surface area (Å²) in [5.74, 6) is 0.259. The summed E-state index contributed by atoms with van der Waals surface area (Å²) in [4.78, 5) is 11.1. The summed E-state index contributed by atoms with van der Waals surface area (Å²) in [5.41, 5.74) is 3.25. The second-order valence-electron chi connectivity index (χ2n) is 6.91. The van der Waals surface area contributed by atoms with Crippen LogP contribution in [-0.4, -0.2) is 43.3 Å². The van der Waals surface area contributed by atoms with Crippen LogP contribution < -0.4 is 0 Å². The van der Waals surface area contributed by atoms with E-state index in [0.717, 1.165) is 63.6 Å². The number of ether oxygens (including phenoxy) is 1. The lowest BCUT2D eigenvalue weighted by molar-refractivity contribution is 0.00856. The van der Waals surface area contributed by atoms with Gasteiger partial charge in [-0.25, -0.2) is 14.6 Å². The van der Waals surface area contributed by atoms with E-state index in [-0.39, 0.29) is 5.92 Å². The first kappa shape index (κ1) is 16.7. The van der Waals surface area contributed by atoms with E-state index < -0.39 is 6.10 Å². The van der Waals surface area contributed by atoms with Gasteiger partial charge in [-0.15, -0.1) is 16.4 Å². The second kappa shape index (κ2) is 6.63. The van der Waals surface area contributed by atoms with Crippen LogP contribution in [0.2, 0.25) is 0 Å². The molecule has 1 aliphatic heterocycles. The lowest BCUT2D eigenvalue weighted by Crippen LogP contribution is -2.21. The third-order valence-corrected chi connectivity index (χ3v) is 6.26. The van der Waals surface area contributed by atoms with Crippen LogP contribution in [0.4, 0.5) is 0 Å². The smallest absolute Gasteiger partial charge is 0.178 e. The van der Waals surface area contributed by atoms with E-state index in [1.807, 2.05) is 19.2 Å². The first-order valence-corrected chi connectivity index (χ1v) is 9.83. The molecule has 5 rings (SSSR count). The maximum atomic E-state index is 10.8. The van der Waals surface area contributed by atoms with Crippen molar-refractivity contribution in [1.82, 2.24) is 25.0 Å². The second-order valence-corrected chi connectivity index (χ2v) is 7.98. The van der Waals surface area contributed by atoms with Crippen molar-refractivity contribution in [1.29, 1.82) is 0 Å². The summed E-state index contributed by atoms with van der Waals surface area (Å²) in [5, 5.41) is 19.9. The largest absolute Gasteiger partial charge is 0.387 e. The van der Waals surface area contributed by atoms with Gasteiger partial charge in [-0.05, 0) is 43.0 Å². The Hall–Kier alpha value is -2.42. The number of nitrogens with zero attached hydrogens (tertiary/aromatic N) is 5. The zero-order valence-electron chi connectivity index (χ0n) is 14.9. The highest BCUT2D eigenvalue weighted by atomic mass is 32.1. The fourth-order valence-corrected chi connectivity index (χ4v) is 4.69. The first-order chi connectivity index (χ1) is 13.2. The Labute approximate surface area is 159 Å². The van der Waals surface area contributed by atoms with Crippen LogP contribution in [0.3, 0.4) is 0 Å². The molecule has 8 heteroatoms. The molecule has 7 nitrogen and oxygen atoms in total. The van der Waals surface area contributed by atoms with Crippen LogP contribution in [-0.2, 0) is 11.8 Å². The van der Waals surface area contributed by atoms with Crippen molar-refractivity contribution < 1.29 is 9.84 Å². The van der Waals surface area contributed by atoms with E-state index in [2.05, 4.69) is 27.4 Å². The number of fused-ring (bicyclic) bond motifs is 2. The zero-order chi connectivity index (χ0) is 18.4. The highest BCUT2D eigenvalue weighted by Gasteiger charge is 2.25. The number of aliphatic hydroxyl groups excluding tert-OH is 1. The summed E-state index contributed by atoms with van der Waals surface area (Å²) in [6.07, 6.45) is 3.15. The predicted octanol–water partition coefficient (Wildman–Crippen LogP) is 3.10. The Morgan fingerprint density at radius 1 is 1.26 bits per heavy atom. The number of pyridine rings is 2. The topological polar surface area (TPSA) is 86.0 Å². The van der Waals surface area contributed by atoms with Crippen molar-refractivity contribution in [2.75, 3.05) is 13.2 Å². The van der Waals surface area contributed by atoms with Gasteiger partial charge in [-0.1, -0.05) is 5.21 Å². The minimum absolute atomic E-state index is 0.259. The van der Waals surface area contributed by atoms with Crippen LogP contribution in [0.15, 0.2) is 30.5 Å². The molecule has 1 saturated heterocycles. The monoisotopic (exact) mass is 381 g/mol. The third-order valence-electron chi connectivity index (χ3n) is 5.14. The normalized spacial score (nSPS) is 17.0. The average molecular weight is 381 g/mol. The summed E-state index contributed by atoms with van der Waals surface area (Å²) in [7, 11) is 1.82. The standard InChI is InChI=1S/C19H19N5O2S/c1-24-18-15(22-23-24)8-13(10-20-18)14-3-2-12-9-16(27-19(12)21-14)17(25)11-4-6-26-7-5-11/h2-3,8-11,17,25H,4-7H2,1H3/t17-/m0/s1. The fourth-order valence-electron chi connectivity index (χ4n) is 3.57. The number of aliphatic hydroxyl groups is 1. The van der Waals surface area contributed by atoms with Gasteiger partial charge in [0.25, 0.3) is 0 Å². The van der Waals surface area contributed by atoms with E-state index in [1.54, 1.807) is 22.2 Å². The van der Waals surface area contributed by atoms with Gasteiger partial charge in [0.05, 0.1) is 11.8 Å². The molecule has 0 radical (unpaired) electrons. The molecule has 0 amide bonds. The van der Waals surface area contributed by atoms with Crippen molar-refractivity contribution in [3.05, 3.63) is 35.3 Å². The fraction of sp³-hybridized carbons (Fsp3) is 0.368. The minimum Gasteiger partial charge on any atom is -0.387 e. The van der Waals surface area contributed by atoms with Gasteiger partial charge in [-0.3, -0.25) is 0 Å². The van der Waals surface area contributed by atoms with Crippen molar-refractivity contribution in [2.24, 2.45) is 13.0 Å². The average Bonchev–Trinajstić information content (AvgIpc) is 3.31. The first-order valence-electron chi connectivity index (χ1n) is 9.01. The molecule has 138 valence electrons. The Morgan fingerprint density at radius 3 is 2.96 bits per heavy atom. The van der Waals surface area contributed by atoms with Crippen molar-refractivity contribution in [2.45, 2.75) is 18.9 Å². The van der Waals surface area contributed by atoms with E-state index in [0.29, 0.717) is 0 Å². The third kappa shape index (κ3) is 2.99. The lowest BCUT2D eigenvalue weighted by Gasteiger charge is -2.25. The summed E-state index contributed by atoms with van der Waals surface area (Å²) in [6.45, 7) is 1.46. The van der Waals surface area contributed by atoms with Gasteiger partial charge in [0, 0.05) is 42.3 Å². The minimum atomic E-state index is -0.450. The molecule has 5 heterocycles. The molecule has 0 aliphatic carbocycles. The van der Waals surface area contributed by atoms with E-state index in [9.17, 15) is 5.11 Å². The quantitative estimate of drug-likeness (QED) is 0.587. The molecule has 0 unspecified atom stereocenters. The number of aromatic nitrogens is 5. The summed E-state index contributed by atoms with van der Waals surface area (Å²) in [6, 6.07) is 8.05. The van der Waals surface area contributed by atoms with Gasteiger partial charge < -0.3 is 9.84 Å². The molecular formula is C19H19N5O2S. The Morgan fingerprint density at radius 2 is 2.11 bits per heavy atom. The lowest BCUT2D eigenvalue weighted by atomic mass is 9.93. The number of hydrogen-bond acceptors (Lipinski definition) is 7. The van der Waals surface area contributed by atoms with Crippen LogP contribution in [0, 0.1) is 5.92 Å². The maximum Gasteiger partial charge on any atom is 0.178 e. The highest BCUT2D eigenvalue weighted by molar-refractivity contribution is 7.18. The van der Waals surface area contributed by atoms with Crippen LogP contribution in [0.25, 0.3) is 32.6 Å². The molecule has 0 spiro atoms. The Balaban J connectivity index is 1.49. The van der Waals surface area contributed by atoms with Crippen LogP contribution in [0.1, 0.15) is 23.8 Å². The SMILES string of the molecule is Cn1nnc2cc(-c3ccc4cc([C@@H](O)C5CCOCC5)sc4n3)cnc21. The zero-order valence-corrected chi connectivity index (χ0v) is 15.7. The Kier molecular flexibility index (Phi) is 4.11. The number of hydrogen-bond donors (Lipinski definition) is 1. The Bertz CT molecular complexity index is 1120. The summed E-state index contributed by atoms with van der Waals surface area (Å²) >= 11 is 1.56. The predicted molar refractivity (Wildman–Crippen MR) is 103 cm³/mol. The van der Waals surface area contributed by atoms with Crippen molar-refractivity contribution in [3.8, 4) is 11.3 Å². The van der Waals surface area contributed by atoms with Gasteiger partial charge in [-0.2, -0.15) is 0 Å². The molecule has 0 saturated carbocycles. The summed E-state index contributed by atoms with van der Waals surface area (Å²) < 4.78 is 7.06. The molecule has 27 heavy (non-hydrogen) atoms. The maximum absolute atomic E-state index is 10.8. The number of thiophene rings is 1. The van der Waals surface area contributed by atoms with Gasteiger partial charge in [0.2, 0.25) is 0 Å². The van der Waals surface area contributed by atoms with Gasteiger partial charge in [0.15, 0.2) is 5.65 Å². The van der Waals surface area contributed by atoms with Gasteiger partial charge >= 0.3 is 0 Å². The van der Waals surface area contributed by atoms with Crippen molar-refractivity contribution >= 4 is 32.7 Å². The molecule has 4 aromatic heterocycles. The van der Waals surface area contributed by atoms with Crippen LogP contribution >= 0.6 is 11.3 Å². The highest BCUT2D eigenvalue weighted by Crippen LogP contribution is 2.37. The number of aryl methyl sites for hydroxylation is 1. The van der Waals surface area contributed by atoms with E-state index in [4.69, 9.17) is 9.72 Å². The molecule has 0 bridgehead atoms. The number of rotatable bonds is 3. The van der Waals surface area contributed by atoms with E-state index >= 15 is 0 Å². The molecular weight excluding hydrogens is 362 g/mol. The molecule has 1 fully saturated rings. The molecule has 1 N–H and O–H groups in total. The molecule has 1 aliphatic rings. The van der Waals surface area contributed by atoms with E-state index in [1.165, 1.54) is 0 Å². The molecule has 0 aromatic carbocycles.